The van der Waals surface area contributed by atoms with Gasteiger partial charge in [-0.2, -0.15) is 0 Å². The maximum atomic E-state index is 12.5. The summed E-state index contributed by atoms with van der Waals surface area (Å²) in [6.07, 6.45) is 0. The molecule has 3 aromatic rings. The van der Waals surface area contributed by atoms with Crippen molar-refractivity contribution in [3.63, 3.8) is 0 Å². The van der Waals surface area contributed by atoms with Crippen LogP contribution >= 0.6 is 0 Å². The Morgan fingerprint density at radius 3 is 2.04 bits per heavy atom. The standard InChI is InChI=1S/C22H20N2O2/c1-24(2)22(26)19-9-6-10-20(15-19)23-21(25)18-13-11-17(12-14-18)16-7-4-3-5-8-16/h3-15H,1-2H3,(H,23,25). The molecule has 4 nitrogen and oxygen atoms in total. The van der Waals surface area contributed by atoms with Crippen LogP contribution in [0.2, 0.25) is 0 Å². The summed E-state index contributed by atoms with van der Waals surface area (Å²) in [5.74, 6) is -0.313. The molecule has 0 fully saturated rings. The molecule has 0 atom stereocenters. The second-order valence-electron chi connectivity index (χ2n) is 6.18. The first-order valence-corrected chi connectivity index (χ1v) is 8.33. The van der Waals surface area contributed by atoms with E-state index < -0.39 is 0 Å². The Hall–Kier alpha value is -3.40. The first-order valence-electron chi connectivity index (χ1n) is 8.33. The Labute approximate surface area is 153 Å². The van der Waals surface area contributed by atoms with Crippen molar-refractivity contribution >= 4 is 17.5 Å². The van der Waals surface area contributed by atoms with E-state index >= 15 is 0 Å². The second-order valence-corrected chi connectivity index (χ2v) is 6.18. The summed E-state index contributed by atoms with van der Waals surface area (Å²) >= 11 is 0. The molecule has 0 heterocycles. The molecular formula is C22H20N2O2. The number of carbonyl (C=O) groups excluding carboxylic acids is 2. The van der Waals surface area contributed by atoms with E-state index in [-0.39, 0.29) is 11.8 Å². The second kappa shape index (κ2) is 7.66. The van der Waals surface area contributed by atoms with Crippen LogP contribution in [0.3, 0.4) is 0 Å². The lowest BCUT2D eigenvalue weighted by Crippen LogP contribution is -2.21. The number of hydrogen-bond donors (Lipinski definition) is 1. The highest BCUT2D eigenvalue weighted by Crippen LogP contribution is 2.20. The summed E-state index contributed by atoms with van der Waals surface area (Å²) in [5, 5.41) is 2.84. The van der Waals surface area contributed by atoms with Crippen LogP contribution in [0.15, 0.2) is 78.9 Å². The Bertz CT molecular complexity index is 916. The van der Waals surface area contributed by atoms with E-state index in [0.29, 0.717) is 16.8 Å². The Morgan fingerprint density at radius 2 is 1.38 bits per heavy atom. The summed E-state index contributed by atoms with van der Waals surface area (Å²) in [6, 6.07) is 24.4. The van der Waals surface area contributed by atoms with E-state index in [1.54, 1.807) is 50.5 Å². The summed E-state index contributed by atoms with van der Waals surface area (Å²) in [5.41, 5.74) is 3.85. The molecule has 0 saturated heterocycles. The van der Waals surface area contributed by atoms with E-state index in [1.165, 1.54) is 4.90 Å². The molecule has 3 aromatic carbocycles. The summed E-state index contributed by atoms with van der Waals surface area (Å²) < 4.78 is 0. The third-order valence-electron chi connectivity index (χ3n) is 4.03. The molecular weight excluding hydrogens is 324 g/mol. The van der Waals surface area contributed by atoms with Crippen LogP contribution in [0.5, 0.6) is 0 Å². The zero-order valence-corrected chi connectivity index (χ0v) is 14.8. The van der Waals surface area contributed by atoms with Gasteiger partial charge >= 0.3 is 0 Å². The van der Waals surface area contributed by atoms with Gasteiger partial charge in [0.2, 0.25) is 0 Å². The molecule has 2 amide bonds. The van der Waals surface area contributed by atoms with E-state index in [0.717, 1.165) is 11.1 Å². The Morgan fingerprint density at radius 1 is 0.731 bits per heavy atom. The van der Waals surface area contributed by atoms with Gasteiger partial charge in [0, 0.05) is 30.9 Å². The summed E-state index contributed by atoms with van der Waals surface area (Å²) in [4.78, 5) is 26.0. The highest BCUT2D eigenvalue weighted by Gasteiger charge is 2.11. The number of nitrogens with one attached hydrogen (secondary N) is 1. The van der Waals surface area contributed by atoms with Gasteiger partial charge in [-0.05, 0) is 41.5 Å². The van der Waals surface area contributed by atoms with Gasteiger partial charge < -0.3 is 10.2 Å². The highest BCUT2D eigenvalue weighted by atomic mass is 16.2. The lowest BCUT2D eigenvalue weighted by molar-refractivity contribution is 0.0827. The Balaban J connectivity index is 1.74. The topological polar surface area (TPSA) is 49.4 Å². The summed E-state index contributed by atoms with van der Waals surface area (Å²) in [6.45, 7) is 0. The van der Waals surface area contributed by atoms with Crippen LogP contribution < -0.4 is 5.32 Å². The molecule has 0 radical (unpaired) electrons. The minimum Gasteiger partial charge on any atom is -0.345 e. The predicted molar refractivity (Wildman–Crippen MR) is 104 cm³/mol. The van der Waals surface area contributed by atoms with Crippen LogP contribution in [0.25, 0.3) is 11.1 Å². The quantitative estimate of drug-likeness (QED) is 0.767. The van der Waals surface area contributed by atoms with Gasteiger partial charge in [0.25, 0.3) is 11.8 Å². The highest BCUT2D eigenvalue weighted by molar-refractivity contribution is 6.05. The molecule has 1 N–H and O–H groups in total. The minimum absolute atomic E-state index is 0.103. The van der Waals surface area contributed by atoms with E-state index in [2.05, 4.69) is 5.32 Å². The van der Waals surface area contributed by atoms with Gasteiger partial charge in [-0.25, -0.2) is 0 Å². The van der Waals surface area contributed by atoms with Gasteiger partial charge in [-0.1, -0.05) is 48.5 Å². The Kier molecular flexibility index (Phi) is 5.13. The molecule has 4 heteroatoms. The van der Waals surface area contributed by atoms with Crippen molar-refractivity contribution in [3.05, 3.63) is 90.0 Å². The zero-order valence-electron chi connectivity index (χ0n) is 14.8. The molecule has 0 bridgehead atoms. The van der Waals surface area contributed by atoms with Crippen LogP contribution in [-0.2, 0) is 0 Å². The summed E-state index contributed by atoms with van der Waals surface area (Å²) in [7, 11) is 3.39. The molecule has 130 valence electrons. The smallest absolute Gasteiger partial charge is 0.255 e. The van der Waals surface area contributed by atoms with Crippen LogP contribution in [0.4, 0.5) is 5.69 Å². The molecule has 0 aliphatic rings. The van der Waals surface area contributed by atoms with E-state index in [4.69, 9.17) is 0 Å². The monoisotopic (exact) mass is 344 g/mol. The fourth-order valence-electron chi connectivity index (χ4n) is 2.64. The van der Waals surface area contributed by atoms with E-state index in [1.807, 2.05) is 42.5 Å². The van der Waals surface area contributed by atoms with Crippen molar-refractivity contribution in [1.82, 2.24) is 4.90 Å². The fourth-order valence-corrected chi connectivity index (χ4v) is 2.64. The number of hydrogen-bond acceptors (Lipinski definition) is 2. The zero-order chi connectivity index (χ0) is 18.5. The third kappa shape index (κ3) is 3.98. The van der Waals surface area contributed by atoms with Gasteiger partial charge in [-0.15, -0.1) is 0 Å². The first kappa shape index (κ1) is 17.4. The van der Waals surface area contributed by atoms with Crippen molar-refractivity contribution in [1.29, 1.82) is 0 Å². The normalized spacial score (nSPS) is 10.2. The predicted octanol–water partition coefficient (Wildman–Crippen LogP) is 4.31. The van der Waals surface area contributed by atoms with Crippen molar-refractivity contribution in [2.75, 3.05) is 19.4 Å². The molecule has 0 saturated carbocycles. The van der Waals surface area contributed by atoms with Gasteiger partial charge in [0.1, 0.15) is 0 Å². The van der Waals surface area contributed by atoms with Gasteiger partial charge in [0.15, 0.2) is 0 Å². The number of anilines is 1. The lowest BCUT2D eigenvalue weighted by Gasteiger charge is -2.12. The molecule has 0 unspecified atom stereocenters. The number of benzene rings is 3. The van der Waals surface area contributed by atoms with Crippen LogP contribution in [-0.4, -0.2) is 30.8 Å². The van der Waals surface area contributed by atoms with Crippen molar-refractivity contribution in [2.24, 2.45) is 0 Å². The SMILES string of the molecule is CN(C)C(=O)c1cccc(NC(=O)c2ccc(-c3ccccc3)cc2)c1. The van der Waals surface area contributed by atoms with Crippen LogP contribution in [0.1, 0.15) is 20.7 Å². The van der Waals surface area contributed by atoms with Crippen molar-refractivity contribution in [2.45, 2.75) is 0 Å². The average Bonchev–Trinajstić information content (AvgIpc) is 2.68. The first-order chi connectivity index (χ1) is 12.5. The third-order valence-corrected chi connectivity index (χ3v) is 4.03. The molecule has 0 spiro atoms. The number of amides is 2. The van der Waals surface area contributed by atoms with Gasteiger partial charge in [-0.3, -0.25) is 9.59 Å². The number of carbonyl (C=O) groups is 2. The maximum Gasteiger partial charge on any atom is 0.255 e. The van der Waals surface area contributed by atoms with Crippen LogP contribution in [0, 0.1) is 0 Å². The molecule has 3 rings (SSSR count). The largest absolute Gasteiger partial charge is 0.345 e. The molecule has 26 heavy (non-hydrogen) atoms. The van der Waals surface area contributed by atoms with Crippen molar-refractivity contribution < 1.29 is 9.59 Å². The lowest BCUT2D eigenvalue weighted by atomic mass is 10.0. The maximum absolute atomic E-state index is 12.5. The van der Waals surface area contributed by atoms with Crippen molar-refractivity contribution in [3.8, 4) is 11.1 Å². The molecule has 0 aromatic heterocycles. The average molecular weight is 344 g/mol. The molecule has 0 aliphatic carbocycles. The molecule has 0 aliphatic heterocycles. The van der Waals surface area contributed by atoms with E-state index in [9.17, 15) is 9.59 Å². The fraction of sp³-hybridized carbons (Fsp3) is 0.0909. The minimum atomic E-state index is -0.209. The number of rotatable bonds is 4. The number of nitrogens with zero attached hydrogens (tertiary/aromatic N) is 1. The van der Waals surface area contributed by atoms with Gasteiger partial charge in [0.05, 0.1) is 0 Å².